The van der Waals surface area contributed by atoms with Crippen molar-refractivity contribution in [1.82, 2.24) is 0 Å². The van der Waals surface area contributed by atoms with Crippen molar-refractivity contribution >= 4 is 27.9 Å². The maximum absolute atomic E-state index is 11.6. The monoisotopic (exact) mass is 342 g/mol. The predicted molar refractivity (Wildman–Crippen MR) is 80.2 cm³/mol. The van der Waals surface area contributed by atoms with Gasteiger partial charge in [-0.2, -0.15) is 0 Å². The Bertz CT molecular complexity index is 471. The van der Waals surface area contributed by atoms with Gasteiger partial charge in [-0.3, -0.25) is 9.59 Å². The molecule has 0 aliphatic carbocycles. The van der Waals surface area contributed by atoms with E-state index in [0.29, 0.717) is 29.7 Å². The minimum absolute atomic E-state index is 0.285. The Morgan fingerprint density at radius 1 is 1.05 bits per heavy atom. The molecule has 0 N–H and O–H groups in total. The van der Waals surface area contributed by atoms with Crippen molar-refractivity contribution in [3.8, 4) is 11.5 Å². The lowest BCUT2D eigenvalue weighted by molar-refractivity contribution is -0.134. The number of hydrogen-bond acceptors (Lipinski definition) is 4. The number of alkyl halides is 1. The third kappa shape index (κ3) is 5.33. The van der Waals surface area contributed by atoms with Crippen LogP contribution in [0.5, 0.6) is 11.5 Å². The molecule has 1 aromatic rings. The van der Waals surface area contributed by atoms with Crippen molar-refractivity contribution in [2.45, 2.75) is 44.9 Å². The van der Waals surface area contributed by atoms with Gasteiger partial charge in [0.1, 0.15) is 11.5 Å². The summed E-state index contributed by atoms with van der Waals surface area (Å²) in [5.41, 5.74) is 0.838. The molecule has 0 saturated heterocycles. The Labute approximate surface area is 127 Å². The van der Waals surface area contributed by atoms with E-state index in [4.69, 9.17) is 9.47 Å². The van der Waals surface area contributed by atoms with Crippen LogP contribution in [-0.4, -0.2) is 11.9 Å². The molecule has 0 aliphatic rings. The molecule has 0 aliphatic heterocycles. The van der Waals surface area contributed by atoms with E-state index < -0.39 is 0 Å². The summed E-state index contributed by atoms with van der Waals surface area (Å²) in [4.78, 5) is 23.0. The molecule has 1 aromatic carbocycles. The lowest BCUT2D eigenvalue weighted by atomic mass is 10.2. The van der Waals surface area contributed by atoms with Gasteiger partial charge in [-0.15, -0.1) is 0 Å². The summed E-state index contributed by atoms with van der Waals surface area (Å²) < 4.78 is 10.5. The Balaban J connectivity index is 2.85. The van der Waals surface area contributed by atoms with Crippen LogP contribution in [0.15, 0.2) is 18.2 Å². The van der Waals surface area contributed by atoms with E-state index in [1.165, 1.54) is 0 Å². The van der Waals surface area contributed by atoms with Crippen LogP contribution in [0, 0.1) is 0 Å². The molecule has 1 rings (SSSR count). The Hall–Kier alpha value is -1.36. The molecule has 0 amide bonds. The highest BCUT2D eigenvalue weighted by atomic mass is 79.9. The first-order valence-electron chi connectivity index (χ1n) is 6.70. The number of carbonyl (C=O) groups excluding carboxylic acids is 2. The van der Waals surface area contributed by atoms with Gasteiger partial charge in [0.25, 0.3) is 0 Å². The summed E-state index contributed by atoms with van der Waals surface area (Å²) >= 11 is 3.34. The van der Waals surface area contributed by atoms with Gasteiger partial charge in [0, 0.05) is 29.8 Å². The minimum Gasteiger partial charge on any atom is -0.426 e. The number of benzene rings is 1. The Morgan fingerprint density at radius 2 is 1.65 bits per heavy atom. The van der Waals surface area contributed by atoms with E-state index in [-0.39, 0.29) is 11.9 Å². The normalized spacial score (nSPS) is 10.2. The van der Waals surface area contributed by atoms with Crippen LogP contribution in [0.1, 0.15) is 45.1 Å². The second kappa shape index (κ2) is 8.74. The summed E-state index contributed by atoms with van der Waals surface area (Å²) in [7, 11) is 0. The van der Waals surface area contributed by atoms with Crippen LogP contribution < -0.4 is 9.47 Å². The van der Waals surface area contributed by atoms with Gasteiger partial charge in [0.15, 0.2) is 0 Å². The average molecular weight is 343 g/mol. The van der Waals surface area contributed by atoms with Gasteiger partial charge >= 0.3 is 11.9 Å². The zero-order valence-electron chi connectivity index (χ0n) is 11.8. The summed E-state index contributed by atoms with van der Waals surface area (Å²) in [6.45, 7) is 3.82. The summed E-state index contributed by atoms with van der Waals surface area (Å²) in [6.07, 6.45) is 2.19. The van der Waals surface area contributed by atoms with Crippen LogP contribution in [0.4, 0.5) is 0 Å². The number of ether oxygens (including phenoxy) is 2. The standard InChI is InChI=1S/C15H19BrO4/c1-3-5-14(17)19-12-8-7-11(10-16)13(9-12)20-15(18)6-4-2/h7-9H,3-6,10H2,1-2H3. The first-order chi connectivity index (χ1) is 9.60. The highest BCUT2D eigenvalue weighted by Gasteiger charge is 2.11. The van der Waals surface area contributed by atoms with Gasteiger partial charge in [-0.05, 0) is 18.9 Å². The van der Waals surface area contributed by atoms with E-state index in [2.05, 4.69) is 15.9 Å². The van der Waals surface area contributed by atoms with Crippen LogP contribution in [0.3, 0.4) is 0 Å². The molecule has 110 valence electrons. The van der Waals surface area contributed by atoms with Crippen LogP contribution in [-0.2, 0) is 14.9 Å². The van der Waals surface area contributed by atoms with E-state index in [1.54, 1.807) is 18.2 Å². The van der Waals surface area contributed by atoms with Gasteiger partial charge in [0.05, 0.1) is 0 Å². The van der Waals surface area contributed by atoms with Crippen LogP contribution >= 0.6 is 15.9 Å². The fraction of sp³-hybridized carbons (Fsp3) is 0.467. The molecule has 0 heterocycles. The van der Waals surface area contributed by atoms with E-state index in [1.807, 2.05) is 13.8 Å². The maximum Gasteiger partial charge on any atom is 0.311 e. The van der Waals surface area contributed by atoms with Crippen molar-refractivity contribution in [2.75, 3.05) is 0 Å². The molecule has 4 nitrogen and oxygen atoms in total. The largest absolute Gasteiger partial charge is 0.426 e. The number of rotatable bonds is 7. The van der Waals surface area contributed by atoms with E-state index >= 15 is 0 Å². The van der Waals surface area contributed by atoms with Crippen molar-refractivity contribution < 1.29 is 19.1 Å². The number of esters is 2. The number of hydrogen-bond donors (Lipinski definition) is 0. The summed E-state index contributed by atoms with van der Waals surface area (Å²) in [5.74, 6) is 0.256. The van der Waals surface area contributed by atoms with Crippen LogP contribution in [0.25, 0.3) is 0 Å². The third-order valence-electron chi connectivity index (χ3n) is 2.55. The van der Waals surface area contributed by atoms with E-state index in [9.17, 15) is 9.59 Å². The molecule has 5 heteroatoms. The third-order valence-corrected chi connectivity index (χ3v) is 3.15. The maximum atomic E-state index is 11.6. The van der Waals surface area contributed by atoms with Crippen molar-refractivity contribution in [1.29, 1.82) is 0 Å². The number of halogens is 1. The minimum atomic E-state index is -0.287. The first kappa shape index (κ1) is 16.7. The fourth-order valence-electron chi connectivity index (χ4n) is 1.57. The zero-order valence-corrected chi connectivity index (χ0v) is 13.4. The predicted octanol–water partition coefficient (Wildman–Crippen LogP) is 3.99. The average Bonchev–Trinajstić information content (AvgIpc) is 2.39. The quantitative estimate of drug-likeness (QED) is 0.427. The SMILES string of the molecule is CCCC(=O)Oc1ccc(CBr)c(OC(=O)CCC)c1. The van der Waals surface area contributed by atoms with Crippen molar-refractivity contribution in [3.63, 3.8) is 0 Å². The van der Waals surface area contributed by atoms with Gasteiger partial charge < -0.3 is 9.47 Å². The molecule has 20 heavy (non-hydrogen) atoms. The van der Waals surface area contributed by atoms with Gasteiger partial charge in [0.2, 0.25) is 0 Å². The summed E-state index contributed by atoms with van der Waals surface area (Å²) in [6, 6.07) is 5.05. The van der Waals surface area contributed by atoms with Crippen molar-refractivity contribution in [2.24, 2.45) is 0 Å². The molecule has 0 atom stereocenters. The first-order valence-corrected chi connectivity index (χ1v) is 7.83. The highest BCUT2D eigenvalue weighted by Crippen LogP contribution is 2.27. The molecule has 0 aromatic heterocycles. The molecule has 0 radical (unpaired) electrons. The highest BCUT2D eigenvalue weighted by molar-refractivity contribution is 9.08. The topological polar surface area (TPSA) is 52.6 Å². The second-order valence-electron chi connectivity index (χ2n) is 4.35. The second-order valence-corrected chi connectivity index (χ2v) is 4.91. The molecule has 0 bridgehead atoms. The van der Waals surface area contributed by atoms with Crippen LogP contribution in [0.2, 0.25) is 0 Å². The van der Waals surface area contributed by atoms with Crippen molar-refractivity contribution in [3.05, 3.63) is 23.8 Å². The molecular weight excluding hydrogens is 324 g/mol. The molecular formula is C15H19BrO4. The Morgan fingerprint density at radius 3 is 2.20 bits per heavy atom. The molecule has 0 fully saturated rings. The smallest absolute Gasteiger partial charge is 0.311 e. The molecule has 0 saturated carbocycles. The van der Waals surface area contributed by atoms with Gasteiger partial charge in [-0.1, -0.05) is 35.8 Å². The molecule has 0 spiro atoms. The number of carbonyl (C=O) groups is 2. The van der Waals surface area contributed by atoms with Gasteiger partial charge in [-0.25, -0.2) is 0 Å². The molecule has 0 unspecified atom stereocenters. The lowest BCUT2D eigenvalue weighted by Gasteiger charge is -2.10. The van der Waals surface area contributed by atoms with E-state index in [0.717, 1.165) is 18.4 Å². The Kier molecular flexibility index (Phi) is 7.30. The zero-order chi connectivity index (χ0) is 15.0. The lowest BCUT2D eigenvalue weighted by Crippen LogP contribution is -2.10. The fourth-order valence-corrected chi connectivity index (χ4v) is 2.03. The summed E-state index contributed by atoms with van der Waals surface area (Å²) in [5, 5.41) is 0.560.